The monoisotopic (exact) mass is 356 g/mol. The van der Waals surface area contributed by atoms with E-state index < -0.39 is 0 Å². The van der Waals surface area contributed by atoms with E-state index in [1.807, 2.05) is 38.1 Å². The van der Waals surface area contributed by atoms with Crippen LogP contribution in [0.1, 0.15) is 30.9 Å². The number of hydrogen-bond donors (Lipinski definition) is 1. The maximum Gasteiger partial charge on any atom is 0.276 e. The number of benzene rings is 1. The van der Waals surface area contributed by atoms with Gasteiger partial charge in [-0.2, -0.15) is 5.26 Å². The van der Waals surface area contributed by atoms with E-state index in [-0.39, 0.29) is 11.5 Å². The van der Waals surface area contributed by atoms with Gasteiger partial charge in [-0.25, -0.2) is 9.50 Å². The summed E-state index contributed by atoms with van der Waals surface area (Å²) in [4.78, 5) is 17.3. The zero-order chi connectivity index (χ0) is 15.9. The molecule has 2 heterocycles. The quantitative estimate of drug-likeness (QED) is 0.763. The third-order valence-electron chi connectivity index (χ3n) is 3.49. The van der Waals surface area contributed by atoms with Gasteiger partial charge in [-0.3, -0.25) is 9.89 Å². The first-order valence-electron chi connectivity index (χ1n) is 6.83. The Hall–Kier alpha value is -2.39. The summed E-state index contributed by atoms with van der Waals surface area (Å²) in [6, 6.07) is 9.70. The van der Waals surface area contributed by atoms with Gasteiger partial charge in [0.15, 0.2) is 5.65 Å². The van der Waals surface area contributed by atoms with Gasteiger partial charge in [-0.15, -0.1) is 0 Å². The van der Waals surface area contributed by atoms with Crippen molar-refractivity contribution >= 4 is 21.6 Å². The summed E-state index contributed by atoms with van der Waals surface area (Å²) in [6.07, 6.45) is 1.50. The fourth-order valence-corrected chi connectivity index (χ4v) is 2.89. The molecule has 6 heteroatoms. The zero-order valence-corrected chi connectivity index (χ0v) is 13.7. The number of aromatic amines is 1. The van der Waals surface area contributed by atoms with E-state index in [4.69, 9.17) is 5.26 Å². The average molecular weight is 357 g/mol. The number of rotatable bonds is 2. The van der Waals surface area contributed by atoms with Gasteiger partial charge < -0.3 is 0 Å². The Labute approximate surface area is 135 Å². The highest BCUT2D eigenvalue weighted by molar-refractivity contribution is 9.10. The third-order valence-corrected chi connectivity index (χ3v) is 3.99. The van der Waals surface area contributed by atoms with Gasteiger partial charge in [0.25, 0.3) is 5.56 Å². The van der Waals surface area contributed by atoms with Crippen molar-refractivity contribution < 1.29 is 0 Å². The van der Waals surface area contributed by atoms with Gasteiger partial charge >= 0.3 is 0 Å². The van der Waals surface area contributed by atoms with Crippen molar-refractivity contribution in [3.05, 3.63) is 56.4 Å². The van der Waals surface area contributed by atoms with E-state index in [0.717, 1.165) is 10.0 Å². The van der Waals surface area contributed by atoms with Crippen LogP contribution >= 0.6 is 15.9 Å². The lowest BCUT2D eigenvalue weighted by Crippen LogP contribution is -2.22. The molecule has 2 aromatic heterocycles. The molecule has 0 fully saturated rings. The average Bonchev–Trinajstić information content (AvgIpc) is 2.90. The minimum absolute atomic E-state index is 0.0136. The second kappa shape index (κ2) is 5.43. The normalized spacial score (nSPS) is 11.0. The van der Waals surface area contributed by atoms with Crippen LogP contribution in [0.4, 0.5) is 0 Å². The van der Waals surface area contributed by atoms with E-state index in [1.165, 1.54) is 10.7 Å². The van der Waals surface area contributed by atoms with Crippen LogP contribution in [0, 0.1) is 11.3 Å². The van der Waals surface area contributed by atoms with Crippen molar-refractivity contribution in [1.82, 2.24) is 14.6 Å². The van der Waals surface area contributed by atoms with E-state index in [2.05, 4.69) is 32.1 Å². The highest BCUT2D eigenvalue weighted by atomic mass is 79.9. The summed E-state index contributed by atoms with van der Waals surface area (Å²) >= 11 is 3.44. The maximum atomic E-state index is 12.7. The molecular formula is C16H13BrN4O. The van der Waals surface area contributed by atoms with Crippen molar-refractivity contribution in [2.24, 2.45) is 0 Å². The van der Waals surface area contributed by atoms with Crippen molar-refractivity contribution in [3.63, 3.8) is 0 Å². The molecule has 0 atom stereocenters. The molecule has 3 rings (SSSR count). The van der Waals surface area contributed by atoms with Crippen LogP contribution in [-0.2, 0) is 0 Å². The molecule has 0 aliphatic rings. The number of nitrogens with one attached hydrogen (secondary N) is 1. The number of aromatic nitrogens is 3. The van der Waals surface area contributed by atoms with E-state index in [1.54, 1.807) is 0 Å². The molecule has 110 valence electrons. The minimum atomic E-state index is -0.170. The van der Waals surface area contributed by atoms with Gasteiger partial charge in [0, 0.05) is 21.8 Å². The Bertz CT molecular complexity index is 962. The standard InChI is InChI=1S/C16H13BrN4O/c1-9(2)13-14(10-4-3-5-12(17)6-10)20-15-11(7-18)8-19-21(15)16(13)22/h3-6,8-9,19H,1-2H3. The SMILES string of the molecule is CC(C)c1c(-c2cccc(Br)c2)nc2c(C#N)c[nH]n2c1=O. The van der Waals surface area contributed by atoms with E-state index in [9.17, 15) is 4.79 Å². The predicted octanol–water partition coefficient (Wildman–Crippen LogP) is 3.45. The van der Waals surface area contributed by atoms with Crippen molar-refractivity contribution in [3.8, 4) is 17.3 Å². The smallest absolute Gasteiger partial charge is 0.276 e. The van der Waals surface area contributed by atoms with Crippen LogP contribution < -0.4 is 5.56 Å². The minimum Gasteiger partial charge on any atom is -0.295 e. The molecule has 0 bridgehead atoms. The van der Waals surface area contributed by atoms with Gasteiger partial charge in [-0.1, -0.05) is 41.9 Å². The molecule has 0 saturated heterocycles. The lowest BCUT2D eigenvalue weighted by atomic mass is 9.98. The molecule has 0 aliphatic heterocycles. The Morgan fingerprint density at radius 2 is 2.18 bits per heavy atom. The summed E-state index contributed by atoms with van der Waals surface area (Å²) in [6.45, 7) is 3.92. The molecule has 0 aliphatic carbocycles. The number of halogens is 1. The summed E-state index contributed by atoms with van der Waals surface area (Å²) in [5.74, 6) is 0.0136. The number of nitrogens with zero attached hydrogens (tertiary/aromatic N) is 3. The lowest BCUT2D eigenvalue weighted by Gasteiger charge is -2.12. The molecule has 0 radical (unpaired) electrons. The lowest BCUT2D eigenvalue weighted by molar-refractivity contribution is 0.797. The van der Waals surface area contributed by atoms with E-state index >= 15 is 0 Å². The Kier molecular flexibility index (Phi) is 3.59. The van der Waals surface area contributed by atoms with Gasteiger partial charge in [0.05, 0.1) is 5.69 Å². The van der Waals surface area contributed by atoms with Gasteiger partial charge in [-0.05, 0) is 18.1 Å². The summed E-state index contributed by atoms with van der Waals surface area (Å²) < 4.78 is 2.24. The molecule has 3 aromatic rings. The molecule has 0 unspecified atom stereocenters. The highest BCUT2D eigenvalue weighted by Gasteiger charge is 2.19. The summed E-state index contributed by atoms with van der Waals surface area (Å²) in [5, 5.41) is 12.0. The first kappa shape index (κ1) is 14.5. The van der Waals surface area contributed by atoms with Crippen LogP contribution in [0.15, 0.2) is 39.7 Å². The third kappa shape index (κ3) is 2.24. The Balaban J connectivity index is 2.44. The number of hydrogen-bond acceptors (Lipinski definition) is 3. The molecule has 22 heavy (non-hydrogen) atoms. The van der Waals surface area contributed by atoms with Crippen LogP contribution in [0.3, 0.4) is 0 Å². The first-order valence-corrected chi connectivity index (χ1v) is 7.62. The zero-order valence-electron chi connectivity index (χ0n) is 12.1. The van der Waals surface area contributed by atoms with Crippen molar-refractivity contribution in [2.45, 2.75) is 19.8 Å². The first-order chi connectivity index (χ1) is 10.5. The summed E-state index contributed by atoms with van der Waals surface area (Å²) in [5.41, 5.74) is 2.63. The fourth-order valence-electron chi connectivity index (χ4n) is 2.49. The molecule has 0 saturated carbocycles. The van der Waals surface area contributed by atoms with Crippen LogP contribution in [0.25, 0.3) is 16.9 Å². The van der Waals surface area contributed by atoms with Crippen LogP contribution in [0.2, 0.25) is 0 Å². The van der Waals surface area contributed by atoms with Crippen LogP contribution in [-0.4, -0.2) is 14.6 Å². The predicted molar refractivity (Wildman–Crippen MR) is 87.8 cm³/mol. The molecule has 0 spiro atoms. The van der Waals surface area contributed by atoms with Gasteiger partial charge in [0.2, 0.25) is 0 Å². The topological polar surface area (TPSA) is 73.9 Å². The Morgan fingerprint density at radius 3 is 2.82 bits per heavy atom. The maximum absolute atomic E-state index is 12.7. The van der Waals surface area contributed by atoms with Crippen molar-refractivity contribution in [1.29, 1.82) is 5.26 Å². The molecule has 0 amide bonds. The Morgan fingerprint density at radius 1 is 1.41 bits per heavy atom. The molecular weight excluding hydrogens is 344 g/mol. The van der Waals surface area contributed by atoms with Gasteiger partial charge in [0.1, 0.15) is 11.6 Å². The fraction of sp³-hybridized carbons (Fsp3) is 0.188. The largest absolute Gasteiger partial charge is 0.295 e. The van der Waals surface area contributed by atoms with Crippen molar-refractivity contribution in [2.75, 3.05) is 0 Å². The highest BCUT2D eigenvalue weighted by Crippen LogP contribution is 2.27. The summed E-state index contributed by atoms with van der Waals surface area (Å²) in [7, 11) is 0. The number of nitriles is 1. The number of H-pyrrole nitrogens is 1. The molecule has 1 aromatic carbocycles. The van der Waals surface area contributed by atoms with E-state index in [0.29, 0.717) is 22.5 Å². The second-order valence-electron chi connectivity index (χ2n) is 5.30. The van der Waals surface area contributed by atoms with Crippen LogP contribution in [0.5, 0.6) is 0 Å². The second-order valence-corrected chi connectivity index (χ2v) is 6.22. The molecule has 1 N–H and O–H groups in total. The number of fused-ring (bicyclic) bond motifs is 1. The molecule has 5 nitrogen and oxygen atoms in total.